The molecule has 0 aliphatic rings. The third-order valence-electron chi connectivity index (χ3n) is 4.49. The van der Waals surface area contributed by atoms with Crippen LogP contribution in [0.3, 0.4) is 0 Å². The molecule has 0 unspecified atom stereocenters. The molecule has 0 aliphatic heterocycles. The molecule has 132 valence electrons. The van der Waals surface area contributed by atoms with Crippen LogP contribution < -0.4 is 4.74 Å². The number of fused-ring (bicyclic) bond motifs is 2. The van der Waals surface area contributed by atoms with Gasteiger partial charge in [0.2, 0.25) is 5.88 Å². The van der Waals surface area contributed by atoms with Gasteiger partial charge in [0.15, 0.2) is 11.5 Å². The Morgan fingerprint density at radius 1 is 0.786 bits per heavy atom. The lowest BCUT2D eigenvalue weighted by molar-refractivity contribution is 0.458. The van der Waals surface area contributed by atoms with Crippen LogP contribution in [0.2, 0.25) is 0 Å². The van der Waals surface area contributed by atoms with Crippen molar-refractivity contribution in [3.8, 4) is 29.1 Å². The molecule has 0 atom stereocenters. The molecule has 0 N–H and O–H groups in total. The van der Waals surface area contributed by atoms with Crippen LogP contribution in [0.4, 0.5) is 0 Å². The zero-order valence-corrected chi connectivity index (χ0v) is 14.6. The summed E-state index contributed by atoms with van der Waals surface area (Å²) in [5.41, 5.74) is 2.16. The Hall–Kier alpha value is -4.24. The van der Waals surface area contributed by atoms with Crippen molar-refractivity contribution in [1.82, 2.24) is 19.8 Å². The molecule has 6 heteroatoms. The Morgan fingerprint density at radius 3 is 2.39 bits per heavy atom. The maximum absolute atomic E-state index is 9.33. The molecule has 0 saturated heterocycles. The van der Waals surface area contributed by atoms with Crippen LogP contribution in [0.1, 0.15) is 5.56 Å². The summed E-state index contributed by atoms with van der Waals surface area (Å²) in [6, 6.07) is 26.7. The number of rotatable bonds is 3. The van der Waals surface area contributed by atoms with E-state index in [0.717, 1.165) is 16.3 Å². The second-order valence-corrected chi connectivity index (χ2v) is 6.20. The number of hydrogen-bond acceptors (Lipinski definition) is 5. The summed E-state index contributed by atoms with van der Waals surface area (Å²) in [4.78, 5) is 0. The van der Waals surface area contributed by atoms with E-state index in [0.29, 0.717) is 28.7 Å². The first-order valence-corrected chi connectivity index (χ1v) is 8.71. The maximum atomic E-state index is 9.33. The lowest BCUT2D eigenvalue weighted by Crippen LogP contribution is -1.98. The molecule has 0 spiro atoms. The number of nitriles is 1. The normalized spacial score (nSPS) is 10.8. The van der Waals surface area contributed by atoms with E-state index < -0.39 is 0 Å². The van der Waals surface area contributed by atoms with E-state index in [1.807, 2.05) is 60.7 Å². The van der Waals surface area contributed by atoms with E-state index in [2.05, 4.69) is 21.4 Å². The first kappa shape index (κ1) is 16.0. The first-order valence-electron chi connectivity index (χ1n) is 8.71. The summed E-state index contributed by atoms with van der Waals surface area (Å²) in [7, 11) is 0. The van der Waals surface area contributed by atoms with Gasteiger partial charge in [0.05, 0.1) is 11.6 Å². The minimum Gasteiger partial charge on any atom is -0.437 e. The van der Waals surface area contributed by atoms with E-state index in [4.69, 9.17) is 4.74 Å². The third kappa shape index (κ3) is 2.63. The van der Waals surface area contributed by atoms with Crippen molar-refractivity contribution in [2.75, 3.05) is 0 Å². The van der Waals surface area contributed by atoms with E-state index in [1.54, 1.807) is 22.7 Å². The highest BCUT2D eigenvalue weighted by molar-refractivity contribution is 5.92. The standard InChI is InChI=1S/C22H13N5O/c23-14-16-10-11-19(18-9-5-4-8-17(16)18)28-21-13-12-20-24-25-22(27(20)26-21)15-6-2-1-3-7-15/h1-13H. The van der Waals surface area contributed by atoms with Crippen molar-refractivity contribution in [1.29, 1.82) is 5.26 Å². The minimum atomic E-state index is 0.416. The summed E-state index contributed by atoms with van der Waals surface area (Å²) in [6.07, 6.45) is 0. The van der Waals surface area contributed by atoms with Gasteiger partial charge in [0.1, 0.15) is 5.75 Å². The van der Waals surface area contributed by atoms with Crippen LogP contribution in [0.5, 0.6) is 11.6 Å². The molecule has 5 rings (SSSR count). The summed E-state index contributed by atoms with van der Waals surface area (Å²) in [5, 5.41) is 24.0. The van der Waals surface area contributed by atoms with Gasteiger partial charge in [-0.1, -0.05) is 54.6 Å². The molecule has 0 bridgehead atoms. The highest BCUT2D eigenvalue weighted by Crippen LogP contribution is 2.31. The molecule has 0 amide bonds. The van der Waals surface area contributed by atoms with Gasteiger partial charge in [-0.05, 0) is 18.2 Å². The fourth-order valence-corrected chi connectivity index (χ4v) is 3.16. The number of hydrogen-bond donors (Lipinski definition) is 0. The predicted molar refractivity (Wildman–Crippen MR) is 105 cm³/mol. The van der Waals surface area contributed by atoms with Crippen LogP contribution >= 0.6 is 0 Å². The quantitative estimate of drug-likeness (QED) is 0.468. The van der Waals surface area contributed by atoms with Gasteiger partial charge in [0, 0.05) is 22.4 Å². The summed E-state index contributed by atoms with van der Waals surface area (Å²) >= 11 is 0. The maximum Gasteiger partial charge on any atom is 0.237 e. The van der Waals surface area contributed by atoms with Gasteiger partial charge < -0.3 is 4.74 Å². The molecule has 0 saturated carbocycles. The van der Waals surface area contributed by atoms with Crippen LogP contribution in [0.25, 0.3) is 27.8 Å². The van der Waals surface area contributed by atoms with Gasteiger partial charge >= 0.3 is 0 Å². The molecule has 6 nitrogen and oxygen atoms in total. The lowest BCUT2D eigenvalue weighted by atomic mass is 10.0. The fraction of sp³-hybridized carbons (Fsp3) is 0. The van der Waals surface area contributed by atoms with Gasteiger partial charge in [0.25, 0.3) is 0 Å². The molecule has 28 heavy (non-hydrogen) atoms. The van der Waals surface area contributed by atoms with Gasteiger partial charge in [-0.2, -0.15) is 9.78 Å². The second-order valence-electron chi connectivity index (χ2n) is 6.20. The number of benzene rings is 3. The zero-order valence-electron chi connectivity index (χ0n) is 14.6. The van der Waals surface area contributed by atoms with Crippen LogP contribution in [-0.4, -0.2) is 19.8 Å². The average molecular weight is 363 g/mol. The Morgan fingerprint density at radius 2 is 1.57 bits per heavy atom. The molecule has 0 radical (unpaired) electrons. The Kier molecular flexibility index (Phi) is 3.70. The van der Waals surface area contributed by atoms with E-state index in [1.165, 1.54) is 0 Å². The van der Waals surface area contributed by atoms with Crippen LogP contribution in [0.15, 0.2) is 78.9 Å². The fourth-order valence-electron chi connectivity index (χ4n) is 3.16. The average Bonchev–Trinajstić information content (AvgIpc) is 3.18. The smallest absolute Gasteiger partial charge is 0.237 e. The molecule has 2 heterocycles. The molecular formula is C22H13N5O. The Balaban J connectivity index is 1.60. The number of ether oxygens (including phenoxy) is 1. The van der Waals surface area contributed by atoms with E-state index in [9.17, 15) is 5.26 Å². The minimum absolute atomic E-state index is 0.416. The Labute approximate surface area is 160 Å². The molecule has 5 aromatic rings. The lowest BCUT2D eigenvalue weighted by Gasteiger charge is -2.09. The molecule has 3 aromatic carbocycles. The van der Waals surface area contributed by atoms with E-state index >= 15 is 0 Å². The van der Waals surface area contributed by atoms with Crippen molar-refractivity contribution in [2.45, 2.75) is 0 Å². The van der Waals surface area contributed by atoms with Crippen molar-refractivity contribution >= 4 is 16.4 Å². The third-order valence-corrected chi connectivity index (χ3v) is 4.49. The molecular weight excluding hydrogens is 350 g/mol. The largest absolute Gasteiger partial charge is 0.437 e. The SMILES string of the molecule is N#Cc1ccc(Oc2ccc3nnc(-c4ccccc4)n3n2)c2ccccc12. The monoisotopic (exact) mass is 363 g/mol. The van der Waals surface area contributed by atoms with Crippen molar-refractivity contribution in [3.05, 3.63) is 84.4 Å². The van der Waals surface area contributed by atoms with Crippen molar-refractivity contribution < 1.29 is 4.74 Å². The Bertz CT molecular complexity index is 1350. The zero-order chi connectivity index (χ0) is 18.9. The summed E-state index contributed by atoms with van der Waals surface area (Å²) in [5.74, 6) is 1.70. The number of nitrogens with zero attached hydrogens (tertiary/aromatic N) is 5. The van der Waals surface area contributed by atoms with E-state index in [-0.39, 0.29) is 0 Å². The highest BCUT2D eigenvalue weighted by Gasteiger charge is 2.12. The van der Waals surface area contributed by atoms with Crippen LogP contribution in [-0.2, 0) is 0 Å². The topological polar surface area (TPSA) is 76.1 Å². The first-order chi connectivity index (χ1) is 13.8. The second kappa shape index (κ2) is 6.49. The van der Waals surface area contributed by atoms with Gasteiger partial charge in [-0.3, -0.25) is 0 Å². The predicted octanol–water partition coefficient (Wildman–Crippen LogP) is 4.61. The molecule has 0 aliphatic carbocycles. The highest BCUT2D eigenvalue weighted by atomic mass is 16.5. The van der Waals surface area contributed by atoms with Crippen LogP contribution in [0, 0.1) is 11.3 Å². The summed E-state index contributed by atoms with van der Waals surface area (Å²) < 4.78 is 7.73. The van der Waals surface area contributed by atoms with Gasteiger partial charge in [-0.15, -0.1) is 15.3 Å². The van der Waals surface area contributed by atoms with Crippen molar-refractivity contribution in [3.63, 3.8) is 0 Å². The molecule has 2 aromatic heterocycles. The molecule has 0 fully saturated rings. The van der Waals surface area contributed by atoms with Gasteiger partial charge in [-0.25, -0.2) is 0 Å². The number of aromatic nitrogens is 4. The summed E-state index contributed by atoms with van der Waals surface area (Å²) in [6.45, 7) is 0. The van der Waals surface area contributed by atoms with Crippen molar-refractivity contribution in [2.24, 2.45) is 0 Å².